The lowest BCUT2D eigenvalue weighted by Crippen LogP contribution is -2.40. The number of hydrogen-bond donors (Lipinski definition) is 0. The minimum absolute atomic E-state index is 0.172. The molecule has 12 heteroatoms. The molecule has 1 fully saturated rings. The Kier molecular flexibility index (Phi) is 7.52. The summed E-state index contributed by atoms with van der Waals surface area (Å²) in [5.41, 5.74) is 2.94. The second kappa shape index (κ2) is 10.8. The fourth-order valence-corrected chi connectivity index (χ4v) is 5.80. The Morgan fingerprint density at radius 1 is 1.24 bits per heavy atom. The van der Waals surface area contributed by atoms with Gasteiger partial charge in [0.25, 0.3) is 0 Å². The van der Waals surface area contributed by atoms with E-state index in [9.17, 15) is 18.0 Å². The smallest absolute Gasteiger partial charge is 0.342 e. The second-order valence-corrected chi connectivity index (χ2v) is 10.3. The van der Waals surface area contributed by atoms with E-state index < -0.39 is 18.2 Å². The lowest BCUT2D eigenvalue weighted by atomic mass is 9.97. The highest BCUT2D eigenvalue weighted by Gasteiger charge is 2.35. The molecule has 2 aliphatic rings. The molecule has 5 rings (SSSR count). The molecule has 0 aliphatic carbocycles. The SMILES string of the molecule is Cc1cc(C(F)(F)F)nn1CC(=O)N1CCC(c2nc(C3OCc4cccc(CC#N)c4CO3)cs2)CC1. The van der Waals surface area contributed by atoms with Crippen LogP contribution < -0.4 is 0 Å². The molecule has 2 aromatic heterocycles. The van der Waals surface area contributed by atoms with E-state index in [0.29, 0.717) is 57.0 Å². The maximum absolute atomic E-state index is 12.9. The topological polar surface area (TPSA) is 93.3 Å². The summed E-state index contributed by atoms with van der Waals surface area (Å²) in [6.07, 6.45) is -3.42. The van der Waals surface area contributed by atoms with Crippen LogP contribution in [0.25, 0.3) is 0 Å². The van der Waals surface area contributed by atoms with Crippen LogP contribution in [0.5, 0.6) is 0 Å². The van der Waals surface area contributed by atoms with Gasteiger partial charge in [-0.2, -0.15) is 23.5 Å². The molecule has 0 N–H and O–H groups in total. The summed E-state index contributed by atoms with van der Waals surface area (Å²) < 4.78 is 51.9. The van der Waals surface area contributed by atoms with E-state index in [4.69, 9.17) is 19.7 Å². The lowest BCUT2D eigenvalue weighted by molar-refractivity contribution is -0.155. The van der Waals surface area contributed by atoms with E-state index in [2.05, 4.69) is 11.2 Å². The Morgan fingerprint density at radius 2 is 2.00 bits per heavy atom. The van der Waals surface area contributed by atoms with E-state index in [1.54, 1.807) is 4.90 Å². The average Bonchev–Trinajstić information content (AvgIpc) is 3.46. The molecule has 0 saturated carbocycles. The molecule has 1 unspecified atom stereocenters. The van der Waals surface area contributed by atoms with Gasteiger partial charge < -0.3 is 14.4 Å². The fourth-order valence-electron chi connectivity index (χ4n) is 4.81. The molecule has 200 valence electrons. The molecule has 0 radical (unpaired) electrons. The Bertz CT molecular complexity index is 1350. The van der Waals surface area contributed by atoms with Gasteiger partial charge in [-0.25, -0.2) is 4.98 Å². The number of thiazole rings is 1. The maximum Gasteiger partial charge on any atom is 0.435 e. The van der Waals surface area contributed by atoms with Crippen molar-refractivity contribution in [1.82, 2.24) is 19.7 Å². The number of rotatable bonds is 5. The Balaban J connectivity index is 1.17. The van der Waals surface area contributed by atoms with Gasteiger partial charge >= 0.3 is 6.18 Å². The molecule has 0 spiro atoms. The third kappa shape index (κ3) is 5.60. The quantitative estimate of drug-likeness (QED) is 0.454. The van der Waals surface area contributed by atoms with Gasteiger partial charge in [0.2, 0.25) is 12.2 Å². The first-order valence-corrected chi connectivity index (χ1v) is 13.2. The van der Waals surface area contributed by atoms with Crippen LogP contribution in [0.2, 0.25) is 0 Å². The average molecular weight is 546 g/mol. The van der Waals surface area contributed by atoms with E-state index in [0.717, 1.165) is 32.4 Å². The van der Waals surface area contributed by atoms with Crippen LogP contribution in [-0.2, 0) is 46.6 Å². The molecule has 0 bridgehead atoms. The number of likely N-dealkylation sites (tertiary alicyclic amines) is 1. The van der Waals surface area contributed by atoms with E-state index in [-0.39, 0.29) is 18.4 Å². The van der Waals surface area contributed by atoms with Crippen molar-refractivity contribution in [3.8, 4) is 6.07 Å². The molecule has 2 aliphatic heterocycles. The predicted octanol–water partition coefficient (Wildman–Crippen LogP) is 4.88. The van der Waals surface area contributed by atoms with Gasteiger partial charge in [-0.15, -0.1) is 11.3 Å². The van der Waals surface area contributed by atoms with Gasteiger partial charge in [0.1, 0.15) is 12.2 Å². The minimum Gasteiger partial charge on any atom is -0.342 e. The summed E-state index contributed by atoms with van der Waals surface area (Å²) in [6, 6.07) is 8.97. The highest BCUT2D eigenvalue weighted by molar-refractivity contribution is 7.09. The molecule has 1 amide bonds. The van der Waals surface area contributed by atoms with Crippen LogP contribution in [0.1, 0.15) is 63.8 Å². The van der Waals surface area contributed by atoms with Gasteiger partial charge in [0, 0.05) is 30.1 Å². The normalized spacial score (nSPS) is 18.6. The third-order valence-corrected chi connectivity index (χ3v) is 7.97. The second-order valence-electron chi connectivity index (χ2n) is 9.44. The monoisotopic (exact) mass is 545 g/mol. The Labute approximate surface area is 221 Å². The largest absolute Gasteiger partial charge is 0.435 e. The number of benzene rings is 1. The molecule has 1 aromatic carbocycles. The number of carbonyl (C=O) groups excluding carboxylic acids is 1. The minimum atomic E-state index is -4.54. The van der Waals surface area contributed by atoms with Crippen molar-refractivity contribution >= 4 is 17.2 Å². The van der Waals surface area contributed by atoms with E-state index >= 15 is 0 Å². The van der Waals surface area contributed by atoms with Crippen molar-refractivity contribution in [2.24, 2.45) is 0 Å². The van der Waals surface area contributed by atoms with E-state index in [1.807, 2.05) is 23.6 Å². The van der Waals surface area contributed by atoms with Gasteiger partial charge in [-0.3, -0.25) is 9.48 Å². The molecular weight excluding hydrogens is 519 g/mol. The summed E-state index contributed by atoms with van der Waals surface area (Å²) in [5.74, 6) is -0.0786. The van der Waals surface area contributed by atoms with Crippen LogP contribution in [0.3, 0.4) is 0 Å². The standard InChI is InChI=1S/C26H26F3N5O3S/c1-16-11-22(26(27,28)29)32-34(16)12-23(35)33-9-6-18(7-10-33)24-31-21(15-38-24)25-36-13-19-4-2-3-17(5-8-30)20(19)14-37-25/h2-4,11,15,18,25H,5-7,9-10,12-14H2,1H3. The van der Waals surface area contributed by atoms with Crippen molar-refractivity contribution in [1.29, 1.82) is 5.26 Å². The van der Waals surface area contributed by atoms with Crippen molar-refractivity contribution in [2.75, 3.05) is 13.1 Å². The van der Waals surface area contributed by atoms with Crippen LogP contribution >= 0.6 is 11.3 Å². The highest BCUT2D eigenvalue weighted by Crippen LogP contribution is 2.35. The number of fused-ring (bicyclic) bond motifs is 1. The number of carbonyl (C=O) groups is 1. The summed E-state index contributed by atoms with van der Waals surface area (Å²) in [4.78, 5) is 19.2. The zero-order valence-corrected chi connectivity index (χ0v) is 21.5. The summed E-state index contributed by atoms with van der Waals surface area (Å²) in [6.45, 7) is 2.99. The Hall–Kier alpha value is -3.27. The summed E-state index contributed by atoms with van der Waals surface area (Å²) in [7, 11) is 0. The Morgan fingerprint density at radius 3 is 2.71 bits per heavy atom. The number of ether oxygens (including phenoxy) is 2. The molecule has 4 heterocycles. The fraction of sp³-hybridized carbons (Fsp3) is 0.462. The van der Waals surface area contributed by atoms with Crippen LogP contribution in [-0.4, -0.2) is 38.7 Å². The van der Waals surface area contributed by atoms with Crippen molar-refractivity contribution in [3.63, 3.8) is 0 Å². The van der Waals surface area contributed by atoms with Crippen molar-refractivity contribution in [3.05, 3.63) is 68.4 Å². The van der Waals surface area contributed by atoms with Crippen molar-refractivity contribution < 1.29 is 27.4 Å². The van der Waals surface area contributed by atoms with Gasteiger partial charge in [0.05, 0.1) is 30.7 Å². The summed E-state index contributed by atoms with van der Waals surface area (Å²) in [5, 5.41) is 15.5. The molecule has 3 aromatic rings. The van der Waals surface area contributed by atoms with Gasteiger partial charge in [-0.05, 0) is 42.5 Å². The predicted molar refractivity (Wildman–Crippen MR) is 131 cm³/mol. The van der Waals surface area contributed by atoms with Crippen LogP contribution in [0.4, 0.5) is 13.2 Å². The van der Waals surface area contributed by atoms with Crippen molar-refractivity contribution in [2.45, 2.75) is 64.3 Å². The highest BCUT2D eigenvalue weighted by atomic mass is 32.1. The number of piperidine rings is 1. The first-order chi connectivity index (χ1) is 18.2. The zero-order valence-electron chi connectivity index (χ0n) is 20.7. The molecule has 1 saturated heterocycles. The van der Waals surface area contributed by atoms with E-state index in [1.165, 1.54) is 18.3 Å². The molecule has 8 nitrogen and oxygen atoms in total. The third-order valence-electron chi connectivity index (χ3n) is 6.94. The number of hydrogen-bond acceptors (Lipinski definition) is 7. The summed E-state index contributed by atoms with van der Waals surface area (Å²) >= 11 is 1.53. The number of amides is 1. The number of aryl methyl sites for hydroxylation is 1. The van der Waals surface area contributed by atoms with Gasteiger partial charge in [-0.1, -0.05) is 18.2 Å². The number of nitrogens with zero attached hydrogens (tertiary/aromatic N) is 5. The maximum atomic E-state index is 12.9. The molecule has 1 atom stereocenters. The zero-order chi connectivity index (χ0) is 26.9. The number of nitriles is 1. The van der Waals surface area contributed by atoms with Gasteiger partial charge in [0.15, 0.2) is 5.69 Å². The number of halogens is 3. The number of aromatic nitrogens is 3. The number of alkyl halides is 3. The molecule has 38 heavy (non-hydrogen) atoms. The van der Waals surface area contributed by atoms with Crippen LogP contribution in [0.15, 0.2) is 29.6 Å². The first-order valence-electron chi connectivity index (χ1n) is 12.3. The first kappa shape index (κ1) is 26.3. The molecular formula is C26H26F3N5O3S. The lowest BCUT2D eigenvalue weighted by Gasteiger charge is -2.31. The van der Waals surface area contributed by atoms with Crippen LogP contribution in [0, 0.1) is 18.3 Å².